The lowest BCUT2D eigenvalue weighted by Crippen LogP contribution is -2.53. The number of nitrogens with one attached hydrogen (secondary N) is 1. The summed E-state index contributed by atoms with van der Waals surface area (Å²) in [4.78, 5) is 22.2. The first-order valence-corrected chi connectivity index (χ1v) is 10.0. The molecule has 1 saturated heterocycles. The Bertz CT molecular complexity index is 699. The van der Waals surface area contributed by atoms with Gasteiger partial charge in [0.2, 0.25) is 5.95 Å². The summed E-state index contributed by atoms with van der Waals surface area (Å²) in [5.74, 6) is 1.80. The van der Waals surface area contributed by atoms with Gasteiger partial charge in [0.15, 0.2) is 5.96 Å². The Hall–Kier alpha value is -1.49. The lowest BCUT2D eigenvalue weighted by Gasteiger charge is -2.36. The van der Waals surface area contributed by atoms with Crippen LogP contribution in [0.15, 0.2) is 28.8 Å². The first kappa shape index (κ1) is 21.8. The zero-order chi connectivity index (χ0) is 18.2. The van der Waals surface area contributed by atoms with E-state index in [4.69, 9.17) is 0 Å². The predicted molar refractivity (Wildman–Crippen MR) is 122 cm³/mol. The highest BCUT2D eigenvalue weighted by atomic mass is 127. The minimum atomic E-state index is 0. The minimum Gasteiger partial charge on any atom is -0.356 e. The number of anilines is 1. The number of thiazole rings is 1. The van der Waals surface area contributed by atoms with Gasteiger partial charge in [-0.3, -0.25) is 4.99 Å². The van der Waals surface area contributed by atoms with E-state index in [1.165, 1.54) is 5.01 Å². The molecule has 0 bridgehead atoms. The molecule has 3 heterocycles. The highest BCUT2D eigenvalue weighted by Crippen LogP contribution is 2.12. The second-order valence-corrected chi connectivity index (χ2v) is 7.28. The van der Waals surface area contributed by atoms with Crippen molar-refractivity contribution >= 4 is 47.2 Å². The van der Waals surface area contributed by atoms with Crippen molar-refractivity contribution in [3.8, 4) is 0 Å². The van der Waals surface area contributed by atoms with Crippen molar-refractivity contribution in [1.29, 1.82) is 0 Å². The fraction of sp³-hybridized carbons (Fsp3) is 0.556. The van der Waals surface area contributed by atoms with Crippen molar-refractivity contribution in [2.45, 2.75) is 26.2 Å². The van der Waals surface area contributed by atoms with Crippen molar-refractivity contribution in [2.75, 3.05) is 44.7 Å². The van der Waals surface area contributed by atoms with Gasteiger partial charge in [0.05, 0.1) is 5.01 Å². The number of hydrogen-bond donors (Lipinski definition) is 1. The van der Waals surface area contributed by atoms with Gasteiger partial charge in [-0.2, -0.15) is 0 Å². The molecule has 1 N–H and O–H groups in total. The number of aliphatic imine (C=N–C) groups is 1. The molecule has 2 aromatic rings. The van der Waals surface area contributed by atoms with Gasteiger partial charge in [-0.1, -0.05) is 0 Å². The molecule has 1 aliphatic rings. The van der Waals surface area contributed by atoms with Gasteiger partial charge in [0.1, 0.15) is 0 Å². The fourth-order valence-electron chi connectivity index (χ4n) is 3.02. The Morgan fingerprint density at radius 2 is 1.93 bits per heavy atom. The standard InChI is InChI=1S/C18H27N7S.HI/c1-15-14-26-16(23-15)6-3-4-7-20-17(19-2)24-10-12-25(13-11-24)18-21-8-5-9-22-18;/h5,8-9,14H,3-4,6-7,10-13H2,1-2H3,(H,19,20);1H. The quantitative estimate of drug-likeness (QED) is 0.284. The molecule has 0 unspecified atom stereocenters. The monoisotopic (exact) mass is 501 g/mol. The molecule has 148 valence electrons. The van der Waals surface area contributed by atoms with Crippen molar-refractivity contribution in [3.63, 3.8) is 0 Å². The van der Waals surface area contributed by atoms with Crippen LogP contribution in [0.4, 0.5) is 5.95 Å². The average molecular weight is 501 g/mol. The van der Waals surface area contributed by atoms with Gasteiger partial charge < -0.3 is 15.1 Å². The summed E-state index contributed by atoms with van der Waals surface area (Å²) in [6.45, 7) is 6.67. The third-order valence-corrected chi connectivity index (χ3v) is 5.42. The summed E-state index contributed by atoms with van der Waals surface area (Å²) in [6, 6.07) is 1.85. The number of rotatable bonds is 6. The van der Waals surface area contributed by atoms with Crippen LogP contribution in [0.1, 0.15) is 23.5 Å². The predicted octanol–water partition coefficient (Wildman–Crippen LogP) is 2.58. The second kappa shape index (κ2) is 11.4. The van der Waals surface area contributed by atoms with E-state index in [-0.39, 0.29) is 24.0 Å². The molecule has 0 aromatic carbocycles. The van der Waals surface area contributed by atoms with E-state index in [0.29, 0.717) is 0 Å². The van der Waals surface area contributed by atoms with Crippen LogP contribution < -0.4 is 10.2 Å². The third kappa shape index (κ3) is 6.56. The number of piperazine rings is 1. The maximum Gasteiger partial charge on any atom is 0.225 e. The maximum absolute atomic E-state index is 4.52. The molecule has 0 aliphatic carbocycles. The van der Waals surface area contributed by atoms with E-state index in [0.717, 1.165) is 69.6 Å². The van der Waals surface area contributed by atoms with E-state index >= 15 is 0 Å². The summed E-state index contributed by atoms with van der Waals surface area (Å²) < 4.78 is 0. The number of hydrogen-bond acceptors (Lipinski definition) is 6. The molecule has 0 amide bonds. The van der Waals surface area contributed by atoms with Gasteiger partial charge >= 0.3 is 0 Å². The van der Waals surface area contributed by atoms with Crippen molar-refractivity contribution in [3.05, 3.63) is 34.5 Å². The Labute approximate surface area is 182 Å². The van der Waals surface area contributed by atoms with Gasteiger partial charge in [-0.15, -0.1) is 35.3 Å². The van der Waals surface area contributed by atoms with Gasteiger partial charge in [0.25, 0.3) is 0 Å². The first-order chi connectivity index (χ1) is 12.8. The summed E-state index contributed by atoms with van der Waals surface area (Å²) in [6.07, 6.45) is 6.92. The molecule has 3 rings (SSSR count). The van der Waals surface area contributed by atoms with E-state index < -0.39 is 0 Å². The van der Waals surface area contributed by atoms with Crippen LogP contribution in [0.3, 0.4) is 0 Å². The molecule has 2 aromatic heterocycles. The lowest BCUT2D eigenvalue weighted by atomic mass is 10.2. The number of nitrogens with zero attached hydrogens (tertiary/aromatic N) is 6. The topological polar surface area (TPSA) is 69.5 Å². The maximum atomic E-state index is 4.52. The molecular formula is C18H28IN7S. The first-order valence-electron chi connectivity index (χ1n) is 9.15. The number of aryl methyl sites for hydroxylation is 2. The summed E-state index contributed by atoms with van der Waals surface area (Å²) in [7, 11) is 1.85. The summed E-state index contributed by atoms with van der Waals surface area (Å²) >= 11 is 1.76. The molecule has 9 heteroatoms. The van der Waals surface area contributed by atoms with Crippen LogP contribution in [0.2, 0.25) is 0 Å². The smallest absolute Gasteiger partial charge is 0.225 e. The van der Waals surface area contributed by atoms with Crippen LogP contribution >= 0.6 is 35.3 Å². The second-order valence-electron chi connectivity index (χ2n) is 6.34. The van der Waals surface area contributed by atoms with Crippen LogP contribution in [-0.2, 0) is 6.42 Å². The van der Waals surface area contributed by atoms with E-state index in [1.54, 1.807) is 23.7 Å². The van der Waals surface area contributed by atoms with Gasteiger partial charge in [0, 0.05) is 63.2 Å². The number of halogens is 1. The lowest BCUT2D eigenvalue weighted by molar-refractivity contribution is 0.370. The highest BCUT2D eigenvalue weighted by Gasteiger charge is 2.20. The molecule has 1 fully saturated rings. The minimum absolute atomic E-state index is 0. The average Bonchev–Trinajstić information content (AvgIpc) is 3.11. The number of unbranched alkanes of at least 4 members (excludes halogenated alkanes) is 1. The zero-order valence-electron chi connectivity index (χ0n) is 16.0. The van der Waals surface area contributed by atoms with Gasteiger partial charge in [-0.25, -0.2) is 15.0 Å². The van der Waals surface area contributed by atoms with E-state index in [9.17, 15) is 0 Å². The van der Waals surface area contributed by atoms with Crippen molar-refractivity contribution in [1.82, 2.24) is 25.2 Å². The molecule has 0 saturated carbocycles. The van der Waals surface area contributed by atoms with Gasteiger partial charge in [-0.05, 0) is 32.3 Å². The van der Waals surface area contributed by atoms with E-state index in [2.05, 4.69) is 47.4 Å². The Morgan fingerprint density at radius 1 is 1.19 bits per heavy atom. The van der Waals surface area contributed by atoms with Crippen LogP contribution in [0.5, 0.6) is 0 Å². The zero-order valence-corrected chi connectivity index (χ0v) is 19.1. The van der Waals surface area contributed by atoms with Crippen LogP contribution in [0.25, 0.3) is 0 Å². The normalized spacial score (nSPS) is 14.8. The Morgan fingerprint density at radius 3 is 2.56 bits per heavy atom. The van der Waals surface area contributed by atoms with Crippen molar-refractivity contribution < 1.29 is 0 Å². The van der Waals surface area contributed by atoms with Crippen molar-refractivity contribution in [2.24, 2.45) is 4.99 Å². The molecule has 0 radical (unpaired) electrons. The third-order valence-electron chi connectivity index (χ3n) is 4.39. The Balaban J connectivity index is 0.00000261. The van der Waals surface area contributed by atoms with Crippen LogP contribution in [0, 0.1) is 6.92 Å². The largest absolute Gasteiger partial charge is 0.356 e. The molecular weight excluding hydrogens is 473 g/mol. The number of guanidine groups is 1. The Kier molecular flexibility index (Phi) is 9.19. The molecule has 27 heavy (non-hydrogen) atoms. The van der Waals surface area contributed by atoms with Crippen LogP contribution in [-0.4, -0.2) is 65.6 Å². The van der Waals surface area contributed by atoms with E-state index in [1.807, 2.05) is 13.1 Å². The summed E-state index contributed by atoms with van der Waals surface area (Å²) in [5, 5.41) is 6.86. The SMILES string of the molecule is CN=C(NCCCCc1nc(C)cs1)N1CCN(c2ncccn2)CC1.I. The molecule has 1 aliphatic heterocycles. The number of aromatic nitrogens is 3. The highest BCUT2D eigenvalue weighted by molar-refractivity contribution is 14.0. The fourth-order valence-corrected chi connectivity index (χ4v) is 3.84. The molecule has 0 spiro atoms. The molecule has 0 atom stereocenters. The summed E-state index contributed by atoms with van der Waals surface area (Å²) in [5.41, 5.74) is 1.13. The molecule has 7 nitrogen and oxygen atoms in total.